The van der Waals surface area contributed by atoms with Crippen LogP contribution in [-0.2, 0) is 6.54 Å². The highest BCUT2D eigenvalue weighted by atomic mass is 16.5. The van der Waals surface area contributed by atoms with Gasteiger partial charge in [-0.3, -0.25) is 4.68 Å². The normalized spacial score (nSPS) is 10.7. The van der Waals surface area contributed by atoms with Crippen LogP contribution in [0.5, 0.6) is 5.75 Å². The van der Waals surface area contributed by atoms with Crippen molar-refractivity contribution in [3.05, 3.63) is 30.6 Å². The van der Waals surface area contributed by atoms with E-state index in [-0.39, 0.29) is 0 Å². The second kappa shape index (κ2) is 6.98. The molecule has 0 amide bonds. The van der Waals surface area contributed by atoms with E-state index < -0.39 is 0 Å². The number of benzene rings is 1. The van der Waals surface area contributed by atoms with Gasteiger partial charge in [0.2, 0.25) is 0 Å². The Labute approximate surface area is 120 Å². The maximum atomic E-state index is 5.89. The van der Waals surface area contributed by atoms with E-state index in [1.54, 1.807) is 7.11 Å². The van der Waals surface area contributed by atoms with Crippen LogP contribution in [0.3, 0.4) is 0 Å². The van der Waals surface area contributed by atoms with Gasteiger partial charge >= 0.3 is 0 Å². The first-order chi connectivity index (χ1) is 9.72. The Balaban J connectivity index is 2.06. The third kappa shape index (κ3) is 3.76. The van der Waals surface area contributed by atoms with Crippen molar-refractivity contribution in [3.8, 4) is 16.9 Å². The van der Waals surface area contributed by atoms with Crippen molar-refractivity contribution >= 4 is 5.69 Å². The minimum Gasteiger partial charge on any atom is -0.497 e. The molecule has 0 aliphatic heterocycles. The minimum atomic E-state index is 0.704. The lowest BCUT2D eigenvalue weighted by Gasteiger charge is -2.05. The molecule has 0 atom stereocenters. The number of hydrogen-bond donors (Lipinski definition) is 1. The summed E-state index contributed by atoms with van der Waals surface area (Å²) in [6.45, 7) is 3.19. The van der Waals surface area contributed by atoms with Crippen molar-refractivity contribution in [1.82, 2.24) is 9.78 Å². The van der Waals surface area contributed by atoms with Crippen molar-refractivity contribution in [3.63, 3.8) is 0 Å². The van der Waals surface area contributed by atoms with Gasteiger partial charge in [0.25, 0.3) is 0 Å². The molecule has 0 spiro atoms. The molecule has 0 saturated heterocycles. The van der Waals surface area contributed by atoms with Gasteiger partial charge in [-0.15, -0.1) is 0 Å². The molecule has 4 heteroatoms. The number of rotatable bonds is 7. The van der Waals surface area contributed by atoms with Crippen molar-refractivity contribution in [2.24, 2.45) is 0 Å². The highest BCUT2D eigenvalue weighted by Gasteiger charge is 2.05. The molecule has 0 unspecified atom stereocenters. The molecule has 2 aromatic rings. The summed E-state index contributed by atoms with van der Waals surface area (Å²) in [6, 6.07) is 5.74. The maximum Gasteiger partial charge on any atom is 0.121 e. The monoisotopic (exact) mass is 273 g/mol. The van der Waals surface area contributed by atoms with E-state index in [4.69, 9.17) is 10.5 Å². The lowest BCUT2D eigenvalue weighted by Crippen LogP contribution is -1.97. The second-order valence-electron chi connectivity index (χ2n) is 5.05. The summed E-state index contributed by atoms with van der Waals surface area (Å²) in [5.74, 6) is 0.774. The first kappa shape index (κ1) is 14.4. The van der Waals surface area contributed by atoms with Crippen LogP contribution in [0.1, 0.15) is 32.6 Å². The number of anilines is 1. The second-order valence-corrected chi connectivity index (χ2v) is 5.05. The van der Waals surface area contributed by atoms with Crippen molar-refractivity contribution in [2.75, 3.05) is 12.8 Å². The molecule has 1 aromatic heterocycles. The minimum absolute atomic E-state index is 0.704. The fraction of sp³-hybridized carbons (Fsp3) is 0.438. The smallest absolute Gasteiger partial charge is 0.121 e. The lowest BCUT2D eigenvalue weighted by molar-refractivity contribution is 0.415. The summed E-state index contributed by atoms with van der Waals surface area (Å²) >= 11 is 0. The topological polar surface area (TPSA) is 53.1 Å². The summed E-state index contributed by atoms with van der Waals surface area (Å²) in [5, 5.41) is 4.41. The predicted octanol–water partition coefficient (Wildman–Crippen LogP) is 3.72. The number of nitrogens with zero attached hydrogens (tertiary/aromatic N) is 2. The van der Waals surface area contributed by atoms with Crippen molar-refractivity contribution in [2.45, 2.75) is 39.2 Å². The van der Waals surface area contributed by atoms with Crippen LogP contribution in [0, 0.1) is 0 Å². The van der Waals surface area contributed by atoms with Crippen LogP contribution in [0.25, 0.3) is 11.1 Å². The Kier molecular flexibility index (Phi) is 5.04. The summed E-state index contributed by atoms with van der Waals surface area (Å²) in [4.78, 5) is 0. The quantitative estimate of drug-likeness (QED) is 0.618. The number of aromatic nitrogens is 2. The molecule has 0 bridgehead atoms. The fourth-order valence-electron chi connectivity index (χ4n) is 2.24. The summed E-state index contributed by atoms with van der Waals surface area (Å²) in [7, 11) is 1.65. The molecule has 0 aliphatic rings. The van der Waals surface area contributed by atoms with Crippen LogP contribution in [-0.4, -0.2) is 16.9 Å². The predicted molar refractivity (Wildman–Crippen MR) is 82.8 cm³/mol. The van der Waals surface area contributed by atoms with Crippen LogP contribution < -0.4 is 10.5 Å². The van der Waals surface area contributed by atoms with Crippen LogP contribution >= 0.6 is 0 Å². The average molecular weight is 273 g/mol. The van der Waals surface area contributed by atoms with Gasteiger partial charge in [0.05, 0.1) is 13.3 Å². The number of unbranched alkanes of at least 4 members (excludes halogenated alkanes) is 3. The highest BCUT2D eigenvalue weighted by molar-refractivity contribution is 5.68. The maximum absolute atomic E-state index is 5.89. The van der Waals surface area contributed by atoms with Crippen LogP contribution in [0.15, 0.2) is 30.6 Å². The SMILES string of the molecule is CCCCCCn1cc(-c2cc(N)cc(OC)c2)cn1. The average Bonchev–Trinajstić information content (AvgIpc) is 2.92. The van der Waals surface area contributed by atoms with Gasteiger partial charge in [-0.2, -0.15) is 5.10 Å². The molecule has 0 radical (unpaired) electrons. The molecule has 1 aromatic carbocycles. The van der Waals surface area contributed by atoms with Crippen LogP contribution in [0.2, 0.25) is 0 Å². The van der Waals surface area contributed by atoms with Crippen molar-refractivity contribution < 1.29 is 4.74 Å². The molecule has 1 heterocycles. The lowest BCUT2D eigenvalue weighted by atomic mass is 10.1. The number of nitrogens with two attached hydrogens (primary N) is 1. The Morgan fingerprint density at radius 2 is 2.00 bits per heavy atom. The molecular formula is C16H23N3O. The third-order valence-corrected chi connectivity index (χ3v) is 3.37. The van der Waals surface area contributed by atoms with E-state index in [0.717, 1.165) is 23.4 Å². The molecule has 0 fully saturated rings. The van der Waals surface area contributed by atoms with Gasteiger partial charge in [-0.05, 0) is 24.1 Å². The molecule has 0 aliphatic carbocycles. The fourth-order valence-corrected chi connectivity index (χ4v) is 2.24. The standard InChI is InChI=1S/C16H23N3O/c1-3-4-5-6-7-19-12-14(11-18-19)13-8-15(17)10-16(9-13)20-2/h8-12H,3-7,17H2,1-2H3. The van der Waals surface area contributed by atoms with E-state index >= 15 is 0 Å². The van der Waals surface area contributed by atoms with E-state index in [9.17, 15) is 0 Å². The molecule has 4 nitrogen and oxygen atoms in total. The Morgan fingerprint density at radius 3 is 2.75 bits per heavy atom. The zero-order chi connectivity index (χ0) is 14.4. The zero-order valence-corrected chi connectivity index (χ0v) is 12.3. The Morgan fingerprint density at radius 1 is 1.15 bits per heavy atom. The zero-order valence-electron chi connectivity index (χ0n) is 12.3. The van der Waals surface area contributed by atoms with Gasteiger partial charge in [0.1, 0.15) is 5.75 Å². The van der Waals surface area contributed by atoms with Gasteiger partial charge in [-0.1, -0.05) is 26.2 Å². The van der Waals surface area contributed by atoms with Gasteiger partial charge < -0.3 is 10.5 Å². The third-order valence-electron chi connectivity index (χ3n) is 3.37. The van der Waals surface area contributed by atoms with E-state index in [0.29, 0.717) is 5.69 Å². The number of aryl methyl sites for hydroxylation is 1. The van der Waals surface area contributed by atoms with Gasteiger partial charge in [0, 0.05) is 30.1 Å². The summed E-state index contributed by atoms with van der Waals surface area (Å²) in [6.07, 6.45) is 8.94. The summed E-state index contributed by atoms with van der Waals surface area (Å²) < 4.78 is 7.25. The largest absolute Gasteiger partial charge is 0.497 e. The number of nitrogen functional groups attached to an aromatic ring is 1. The highest BCUT2D eigenvalue weighted by Crippen LogP contribution is 2.26. The Hall–Kier alpha value is -1.97. The van der Waals surface area contributed by atoms with Gasteiger partial charge in [-0.25, -0.2) is 0 Å². The first-order valence-corrected chi connectivity index (χ1v) is 7.20. The molecule has 20 heavy (non-hydrogen) atoms. The molecule has 108 valence electrons. The molecule has 2 N–H and O–H groups in total. The summed E-state index contributed by atoms with van der Waals surface area (Å²) in [5.41, 5.74) is 8.71. The van der Waals surface area contributed by atoms with E-state index in [2.05, 4.69) is 18.2 Å². The Bertz CT molecular complexity index is 548. The first-order valence-electron chi connectivity index (χ1n) is 7.20. The number of hydrogen-bond acceptors (Lipinski definition) is 3. The number of methoxy groups -OCH3 is 1. The molecule has 0 saturated carbocycles. The number of ether oxygens (including phenoxy) is 1. The van der Waals surface area contributed by atoms with Crippen LogP contribution in [0.4, 0.5) is 5.69 Å². The van der Waals surface area contributed by atoms with Crippen molar-refractivity contribution in [1.29, 1.82) is 0 Å². The molecular weight excluding hydrogens is 250 g/mol. The van der Waals surface area contributed by atoms with E-state index in [1.807, 2.05) is 29.1 Å². The van der Waals surface area contributed by atoms with E-state index in [1.165, 1.54) is 25.7 Å². The van der Waals surface area contributed by atoms with Gasteiger partial charge in [0.15, 0.2) is 0 Å². The molecule has 2 rings (SSSR count).